The van der Waals surface area contributed by atoms with E-state index in [9.17, 15) is 8.78 Å². The van der Waals surface area contributed by atoms with Gasteiger partial charge in [-0.2, -0.15) is 0 Å². The van der Waals surface area contributed by atoms with Crippen LogP contribution in [0.2, 0.25) is 0 Å². The monoisotopic (exact) mass is 246 g/mol. The van der Waals surface area contributed by atoms with E-state index in [0.29, 0.717) is 6.07 Å². The molecule has 1 nitrogen and oxygen atoms in total. The zero-order chi connectivity index (χ0) is 10.1. The van der Waals surface area contributed by atoms with Crippen molar-refractivity contribution in [3.05, 3.63) is 29.8 Å². The van der Waals surface area contributed by atoms with Crippen LogP contribution in [0.4, 0.5) is 8.78 Å². The molecule has 0 aliphatic rings. The number of halogens is 5. The highest BCUT2D eigenvalue weighted by atomic mass is 35.6. The predicted octanol–water partition coefficient (Wildman–Crippen LogP) is 3.67. The molecule has 0 atom stereocenters. The van der Waals surface area contributed by atoms with Gasteiger partial charge in [-0.25, -0.2) is 8.78 Å². The Hall–Kier alpha value is -0.250. The van der Waals surface area contributed by atoms with Gasteiger partial charge >= 0.3 is 3.98 Å². The van der Waals surface area contributed by atoms with Gasteiger partial charge in [0.1, 0.15) is 17.4 Å². The molecule has 1 rings (SSSR count). The third-order valence-corrected chi connectivity index (χ3v) is 1.30. The first-order chi connectivity index (χ1) is 5.87. The van der Waals surface area contributed by atoms with Crippen molar-refractivity contribution < 1.29 is 13.5 Å². The minimum atomic E-state index is -2.03. The molecule has 0 spiro atoms. The van der Waals surface area contributed by atoms with Gasteiger partial charge < -0.3 is 4.74 Å². The van der Waals surface area contributed by atoms with Crippen LogP contribution < -0.4 is 4.74 Å². The first-order valence-corrected chi connectivity index (χ1v) is 4.22. The summed E-state index contributed by atoms with van der Waals surface area (Å²) in [4.78, 5) is 0. The van der Waals surface area contributed by atoms with Crippen LogP contribution in [-0.4, -0.2) is 3.98 Å². The minimum absolute atomic E-state index is 0.183. The second-order valence-electron chi connectivity index (χ2n) is 2.15. The SMILES string of the molecule is Fc1cc(F)cc(OC(Cl)(Cl)Cl)c1. The van der Waals surface area contributed by atoms with Gasteiger partial charge in [-0.15, -0.1) is 0 Å². The van der Waals surface area contributed by atoms with Crippen LogP contribution in [0, 0.1) is 11.6 Å². The second-order valence-corrected chi connectivity index (χ2v) is 4.33. The molecule has 0 saturated carbocycles. The summed E-state index contributed by atoms with van der Waals surface area (Å²) in [7, 11) is 0. The van der Waals surface area contributed by atoms with Crippen LogP contribution in [0.25, 0.3) is 0 Å². The average Bonchev–Trinajstić information content (AvgIpc) is 1.78. The van der Waals surface area contributed by atoms with E-state index >= 15 is 0 Å². The van der Waals surface area contributed by atoms with E-state index in [-0.39, 0.29) is 5.75 Å². The normalized spacial score (nSPS) is 11.5. The molecule has 0 N–H and O–H groups in total. The van der Waals surface area contributed by atoms with Crippen molar-refractivity contribution in [2.24, 2.45) is 0 Å². The van der Waals surface area contributed by atoms with Gasteiger partial charge in [0.15, 0.2) is 0 Å². The number of rotatable bonds is 1. The molecule has 0 heterocycles. The summed E-state index contributed by atoms with van der Waals surface area (Å²) >= 11 is 15.7. The number of benzene rings is 1. The zero-order valence-corrected chi connectivity index (χ0v) is 8.30. The summed E-state index contributed by atoms with van der Waals surface area (Å²) in [6, 6.07) is 2.50. The Labute approximate surface area is 88.2 Å². The average molecular weight is 247 g/mol. The van der Waals surface area contributed by atoms with Gasteiger partial charge in [-0.1, -0.05) is 0 Å². The van der Waals surface area contributed by atoms with Gasteiger partial charge in [0.2, 0.25) is 0 Å². The molecule has 0 aromatic heterocycles. The van der Waals surface area contributed by atoms with Crippen LogP contribution in [0.5, 0.6) is 5.75 Å². The highest BCUT2D eigenvalue weighted by Crippen LogP contribution is 2.30. The van der Waals surface area contributed by atoms with Gasteiger partial charge in [0.05, 0.1) is 0 Å². The Morgan fingerprint density at radius 1 is 1.00 bits per heavy atom. The number of alkyl halides is 3. The maximum atomic E-state index is 12.6. The minimum Gasteiger partial charge on any atom is -0.445 e. The Balaban J connectivity index is 2.90. The summed E-state index contributed by atoms with van der Waals surface area (Å²) in [5.74, 6) is -1.79. The maximum Gasteiger partial charge on any atom is 0.338 e. The highest BCUT2D eigenvalue weighted by Gasteiger charge is 2.22. The van der Waals surface area contributed by atoms with E-state index in [1.165, 1.54) is 0 Å². The Bertz CT molecular complexity index is 291. The summed E-state index contributed by atoms with van der Waals surface area (Å²) < 4.78 is 27.7. The molecule has 0 aliphatic carbocycles. The van der Waals surface area contributed by atoms with Crippen LogP contribution in [0.1, 0.15) is 0 Å². The van der Waals surface area contributed by atoms with E-state index in [0.717, 1.165) is 12.1 Å². The molecule has 0 bridgehead atoms. The largest absolute Gasteiger partial charge is 0.445 e. The molecule has 1 aromatic rings. The maximum absolute atomic E-state index is 12.6. The Morgan fingerprint density at radius 3 is 1.85 bits per heavy atom. The first kappa shape index (κ1) is 10.8. The Kier molecular flexibility index (Phi) is 3.22. The summed E-state index contributed by atoms with van der Waals surface area (Å²) in [5.41, 5.74) is 0. The molecule has 72 valence electrons. The fourth-order valence-corrected chi connectivity index (χ4v) is 0.988. The molecule has 0 radical (unpaired) electrons. The van der Waals surface area contributed by atoms with Crippen LogP contribution >= 0.6 is 34.8 Å². The molecular formula is C7H3Cl3F2O. The quantitative estimate of drug-likeness (QED) is 0.688. The number of hydrogen-bond acceptors (Lipinski definition) is 1. The van der Waals surface area contributed by atoms with Gasteiger partial charge in [0, 0.05) is 18.2 Å². The van der Waals surface area contributed by atoms with Crippen molar-refractivity contribution in [3.63, 3.8) is 0 Å². The lowest BCUT2D eigenvalue weighted by Crippen LogP contribution is -2.12. The molecule has 0 amide bonds. The van der Waals surface area contributed by atoms with E-state index < -0.39 is 15.6 Å². The highest BCUT2D eigenvalue weighted by molar-refractivity contribution is 6.66. The van der Waals surface area contributed by atoms with Crippen molar-refractivity contribution >= 4 is 34.8 Å². The standard InChI is InChI=1S/C7H3Cl3F2O/c8-7(9,10)13-6-2-4(11)1-5(12)3-6/h1-3H. The molecule has 0 aliphatic heterocycles. The lowest BCUT2D eigenvalue weighted by molar-refractivity contribution is 0.316. The Morgan fingerprint density at radius 2 is 1.46 bits per heavy atom. The molecular weight excluding hydrogens is 244 g/mol. The topological polar surface area (TPSA) is 9.23 Å². The summed E-state index contributed by atoms with van der Waals surface area (Å²) in [6.45, 7) is 0. The molecule has 6 heteroatoms. The van der Waals surface area contributed by atoms with Crippen molar-refractivity contribution in [1.82, 2.24) is 0 Å². The number of hydrogen-bond donors (Lipinski definition) is 0. The third kappa shape index (κ3) is 3.98. The fourth-order valence-electron chi connectivity index (χ4n) is 0.721. The molecule has 1 aromatic carbocycles. The smallest absolute Gasteiger partial charge is 0.338 e. The predicted molar refractivity (Wildman–Crippen MR) is 47.3 cm³/mol. The number of ether oxygens (including phenoxy) is 1. The lowest BCUT2D eigenvalue weighted by atomic mass is 10.3. The molecule has 0 unspecified atom stereocenters. The molecule has 0 fully saturated rings. The third-order valence-electron chi connectivity index (χ3n) is 1.07. The lowest BCUT2D eigenvalue weighted by Gasteiger charge is -2.13. The van der Waals surface area contributed by atoms with Crippen LogP contribution in [0.15, 0.2) is 18.2 Å². The van der Waals surface area contributed by atoms with E-state index in [2.05, 4.69) is 4.74 Å². The molecule has 0 saturated heterocycles. The zero-order valence-electron chi connectivity index (χ0n) is 6.03. The van der Waals surface area contributed by atoms with Gasteiger partial charge in [-0.3, -0.25) is 0 Å². The van der Waals surface area contributed by atoms with Gasteiger partial charge in [0.25, 0.3) is 0 Å². The second kappa shape index (κ2) is 3.86. The van der Waals surface area contributed by atoms with Crippen LogP contribution in [-0.2, 0) is 0 Å². The molecule has 13 heavy (non-hydrogen) atoms. The van der Waals surface area contributed by atoms with Crippen molar-refractivity contribution in [1.29, 1.82) is 0 Å². The van der Waals surface area contributed by atoms with Gasteiger partial charge in [-0.05, 0) is 34.8 Å². The summed E-state index contributed by atoms with van der Waals surface area (Å²) in [5, 5.41) is 0. The first-order valence-electron chi connectivity index (χ1n) is 3.09. The van der Waals surface area contributed by atoms with Crippen LogP contribution in [0.3, 0.4) is 0 Å². The van der Waals surface area contributed by atoms with Crippen molar-refractivity contribution in [3.8, 4) is 5.75 Å². The van der Waals surface area contributed by atoms with E-state index in [4.69, 9.17) is 34.8 Å². The van der Waals surface area contributed by atoms with Crippen molar-refractivity contribution in [2.75, 3.05) is 0 Å². The fraction of sp³-hybridized carbons (Fsp3) is 0.143. The summed E-state index contributed by atoms with van der Waals surface area (Å²) in [6.07, 6.45) is 0. The van der Waals surface area contributed by atoms with E-state index in [1.54, 1.807) is 0 Å². The van der Waals surface area contributed by atoms with E-state index in [1.807, 2.05) is 0 Å². The van der Waals surface area contributed by atoms with Crippen molar-refractivity contribution in [2.45, 2.75) is 3.98 Å².